The first-order valence-corrected chi connectivity index (χ1v) is 7.70. The summed E-state index contributed by atoms with van der Waals surface area (Å²) in [5.41, 5.74) is 9.06. The molecule has 0 saturated heterocycles. The van der Waals surface area contributed by atoms with E-state index < -0.39 is 29.4 Å². The molecule has 0 aromatic heterocycles. The highest BCUT2D eigenvalue weighted by Crippen LogP contribution is 2.21. The van der Waals surface area contributed by atoms with Crippen LogP contribution in [0.15, 0.2) is 24.3 Å². The van der Waals surface area contributed by atoms with E-state index in [-0.39, 0.29) is 31.5 Å². The maximum atomic E-state index is 13.5. The third kappa shape index (κ3) is 6.25. The summed E-state index contributed by atoms with van der Waals surface area (Å²) in [6.45, 7) is 1.26. The highest BCUT2D eigenvalue weighted by Gasteiger charge is 2.30. The molecule has 1 aromatic carbocycles. The standard InChI is InChI=1S/C17H24FN2O4/c1-17(24,16(20)23)9-8-12(15(19)22)10-13(21)7-6-11-4-2-3-5-14(11)18/h2-5,7,12-13,21,24H,6,8-10H2,1H3,(H2,19,22)(H2,20,23)/t12-,13+,17?/m1/s1. The number of hydrogen-bond donors (Lipinski definition) is 4. The molecule has 6 nitrogen and oxygen atoms in total. The Labute approximate surface area is 140 Å². The van der Waals surface area contributed by atoms with Crippen molar-refractivity contribution in [3.8, 4) is 0 Å². The van der Waals surface area contributed by atoms with Crippen LogP contribution in [0.5, 0.6) is 0 Å². The number of nitrogens with two attached hydrogens (primary N) is 2. The molecule has 0 aliphatic heterocycles. The minimum atomic E-state index is -1.74. The summed E-state index contributed by atoms with van der Waals surface area (Å²) < 4.78 is 13.5. The van der Waals surface area contributed by atoms with E-state index >= 15 is 0 Å². The first kappa shape index (κ1) is 20.1. The molecule has 0 aliphatic carbocycles. The summed E-state index contributed by atoms with van der Waals surface area (Å²) in [6.07, 6.45) is 0.809. The minimum Gasteiger partial charge on any atom is -0.393 e. The van der Waals surface area contributed by atoms with Crippen molar-refractivity contribution in [2.45, 2.75) is 44.3 Å². The Morgan fingerprint density at radius 3 is 2.50 bits per heavy atom. The van der Waals surface area contributed by atoms with Crippen LogP contribution in [0.25, 0.3) is 0 Å². The highest BCUT2D eigenvalue weighted by molar-refractivity contribution is 5.82. The van der Waals surface area contributed by atoms with E-state index in [2.05, 4.69) is 0 Å². The Kier molecular flexibility index (Phi) is 7.31. The number of amides is 2. The predicted octanol–water partition coefficient (Wildman–Crippen LogP) is 0.441. The first-order valence-electron chi connectivity index (χ1n) is 7.70. The summed E-state index contributed by atoms with van der Waals surface area (Å²) >= 11 is 0. The van der Waals surface area contributed by atoms with Crippen LogP contribution < -0.4 is 11.5 Å². The first-order chi connectivity index (χ1) is 11.1. The molecule has 133 valence electrons. The van der Waals surface area contributed by atoms with Crippen molar-refractivity contribution in [3.63, 3.8) is 0 Å². The van der Waals surface area contributed by atoms with Gasteiger partial charge in [0.05, 0.1) is 6.10 Å². The molecular weight excluding hydrogens is 315 g/mol. The van der Waals surface area contributed by atoms with Crippen LogP contribution in [0.3, 0.4) is 0 Å². The second-order valence-corrected chi connectivity index (χ2v) is 6.11. The fourth-order valence-electron chi connectivity index (χ4n) is 2.27. The number of primary amides is 2. The zero-order valence-electron chi connectivity index (χ0n) is 13.6. The van der Waals surface area contributed by atoms with Crippen LogP contribution in [0.2, 0.25) is 0 Å². The van der Waals surface area contributed by atoms with Gasteiger partial charge in [0.1, 0.15) is 11.4 Å². The zero-order chi connectivity index (χ0) is 18.3. The summed E-state index contributed by atoms with van der Waals surface area (Å²) in [4.78, 5) is 22.6. The number of rotatable bonds is 10. The molecule has 0 spiro atoms. The van der Waals surface area contributed by atoms with Crippen molar-refractivity contribution in [1.29, 1.82) is 0 Å². The molecule has 1 radical (unpaired) electrons. The Balaban J connectivity index is 2.54. The molecule has 0 fully saturated rings. The lowest BCUT2D eigenvalue weighted by Crippen LogP contribution is -2.42. The quantitative estimate of drug-likeness (QED) is 0.493. The number of benzene rings is 1. The van der Waals surface area contributed by atoms with Crippen molar-refractivity contribution in [3.05, 3.63) is 42.1 Å². The molecular formula is C17H24FN2O4. The largest absolute Gasteiger partial charge is 0.393 e. The summed E-state index contributed by atoms with van der Waals surface area (Å²) in [7, 11) is 0. The highest BCUT2D eigenvalue weighted by atomic mass is 19.1. The van der Waals surface area contributed by atoms with Crippen molar-refractivity contribution < 1.29 is 24.2 Å². The van der Waals surface area contributed by atoms with Crippen molar-refractivity contribution in [2.24, 2.45) is 17.4 Å². The van der Waals surface area contributed by atoms with Crippen LogP contribution in [0, 0.1) is 18.2 Å². The average molecular weight is 339 g/mol. The number of hydrogen-bond acceptors (Lipinski definition) is 4. The molecule has 0 saturated carbocycles. The van der Waals surface area contributed by atoms with Gasteiger partial charge in [0.25, 0.3) is 0 Å². The predicted molar refractivity (Wildman–Crippen MR) is 86.8 cm³/mol. The van der Waals surface area contributed by atoms with Gasteiger partial charge in [-0.3, -0.25) is 9.59 Å². The number of halogens is 1. The van der Waals surface area contributed by atoms with E-state index in [9.17, 15) is 24.2 Å². The Morgan fingerprint density at radius 2 is 1.96 bits per heavy atom. The van der Waals surface area contributed by atoms with E-state index in [4.69, 9.17) is 11.5 Å². The smallest absolute Gasteiger partial charge is 0.249 e. The third-order valence-corrected chi connectivity index (χ3v) is 4.01. The van der Waals surface area contributed by atoms with Gasteiger partial charge in [-0.25, -0.2) is 4.39 Å². The van der Waals surface area contributed by atoms with Crippen molar-refractivity contribution in [1.82, 2.24) is 0 Å². The van der Waals surface area contributed by atoms with Gasteiger partial charge in [-0.2, -0.15) is 0 Å². The fraction of sp³-hybridized carbons (Fsp3) is 0.471. The molecule has 0 bridgehead atoms. The summed E-state index contributed by atoms with van der Waals surface area (Å²) in [5, 5.41) is 19.8. The monoisotopic (exact) mass is 339 g/mol. The van der Waals surface area contributed by atoms with Crippen LogP contribution in [-0.4, -0.2) is 33.7 Å². The van der Waals surface area contributed by atoms with E-state index in [1.807, 2.05) is 0 Å². The van der Waals surface area contributed by atoms with Crippen molar-refractivity contribution in [2.75, 3.05) is 0 Å². The SMILES string of the molecule is CC(O)(CC[C@H](C[C@@H](O)[CH]Cc1ccccc1F)C(N)=O)C(N)=O. The molecule has 0 aliphatic rings. The van der Waals surface area contributed by atoms with Crippen LogP contribution in [-0.2, 0) is 16.0 Å². The van der Waals surface area contributed by atoms with Gasteiger partial charge in [0, 0.05) is 5.92 Å². The normalized spacial score (nSPS) is 16.2. The van der Waals surface area contributed by atoms with Gasteiger partial charge in [-0.15, -0.1) is 0 Å². The molecule has 1 aromatic rings. The number of carbonyl (C=O) groups excluding carboxylic acids is 2. The maximum absolute atomic E-state index is 13.5. The van der Waals surface area contributed by atoms with Gasteiger partial charge in [0.15, 0.2) is 0 Å². The van der Waals surface area contributed by atoms with Gasteiger partial charge in [0.2, 0.25) is 11.8 Å². The maximum Gasteiger partial charge on any atom is 0.249 e. The van der Waals surface area contributed by atoms with Crippen molar-refractivity contribution >= 4 is 11.8 Å². The molecule has 3 atom stereocenters. The van der Waals surface area contributed by atoms with E-state index in [0.717, 1.165) is 0 Å². The number of aliphatic hydroxyl groups is 2. The fourth-order valence-corrected chi connectivity index (χ4v) is 2.27. The zero-order valence-corrected chi connectivity index (χ0v) is 13.6. The van der Waals surface area contributed by atoms with Gasteiger partial charge in [-0.1, -0.05) is 18.2 Å². The lowest BCUT2D eigenvalue weighted by Gasteiger charge is -2.23. The minimum absolute atomic E-state index is 0.0264. The van der Waals surface area contributed by atoms with Gasteiger partial charge < -0.3 is 21.7 Å². The lowest BCUT2D eigenvalue weighted by molar-refractivity contribution is -0.136. The Hall–Kier alpha value is -1.99. The van der Waals surface area contributed by atoms with Gasteiger partial charge >= 0.3 is 0 Å². The summed E-state index contributed by atoms with van der Waals surface area (Å²) in [6, 6.07) is 6.20. The molecule has 1 unspecified atom stereocenters. The van der Waals surface area contributed by atoms with E-state index in [0.29, 0.717) is 5.56 Å². The topological polar surface area (TPSA) is 127 Å². The van der Waals surface area contributed by atoms with Crippen LogP contribution >= 0.6 is 0 Å². The van der Waals surface area contributed by atoms with Crippen LogP contribution in [0.1, 0.15) is 31.7 Å². The molecule has 7 heteroatoms. The second-order valence-electron chi connectivity index (χ2n) is 6.11. The van der Waals surface area contributed by atoms with Gasteiger partial charge in [-0.05, 0) is 50.7 Å². The molecule has 24 heavy (non-hydrogen) atoms. The van der Waals surface area contributed by atoms with Crippen LogP contribution in [0.4, 0.5) is 4.39 Å². The summed E-state index contributed by atoms with van der Waals surface area (Å²) in [5.74, 6) is -2.64. The molecule has 6 N–H and O–H groups in total. The molecule has 2 amide bonds. The van der Waals surface area contributed by atoms with E-state index in [1.54, 1.807) is 18.2 Å². The van der Waals surface area contributed by atoms with E-state index in [1.165, 1.54) is 19.4 Å². The Morgan fingerprint density at radius 1 is 1.33 bits per heavy atom. The third-order valence-electron chi connectivity index (χ3n) is 4.01. The average Bonchev–Trinajstić information content (AvgIpc) is 2.50. The molecule has 0 heterocycles. The molecule has 1 rings (SSSR count). The number of aliphatic hydroxyl groups excluding tert-OH is 1. The number of carbonyl (C=O) groups is 2. The second kappa shape index (κ2) is 8.75. The Bertz CT molecular complexity index is 577. The lowest BCUT2D eigenvalue weighted by atomic mass is 9.88.